The van der Waals surface area contributed by atoms with Crippen molar-refractivity contribution < 1.29 is 4.74 Å². The van der Waals surface area contributed by atoms with Crippen molar-refractivity contribution in [2.24, 2.45) is 5.73 Å². The second-order valence-electron chi connectivity index (χ2n) is 6.12. The van der Waals surface area contributed by atoms with E-state index in [1.54, 1.807) is 0 Å². The molecule has 1 aromatic rings. The Morgan fingerprint density at radius 1 is 1.24 bits per heavy atom. The van der Waals surface area contributed by atoms with Gasteiger partial charge in [-0.3, -0.25) is 0 Å². The molecule has 3 nitrogen and oxygen atoms in total. The van der Waals surface area contributed by atoms with E-state index in [9.17, 15) is 0 Å². The maximum atomic E-state index is 5.87. The minimum atomic E-state index is 0.453. The van der Waals surface area contributed by atoms with Crippen LogP contribution in [0.4, 0.5) is 0 Å². The van der Waals surface area contributed by atoms with Gasteiger partial charge in [-0.05, 0) is 51.1 Å². The Kier molecular flexibility index (Phi) is 7.20. The highest BCUT2D eigenvalue weighted by Gasteiger charge is 2.22. The molecule has 0 radical (unpaired) electrons. The molecule has 0 aliphatic carbocycles. The molecule has 2 rings (SSSR count). The maximum Gasteiger partial charge on any atom is 0.0599 e. The molecule has 1 unspecified atom stereocenters. The Hall–Kier alpha value is -0.900. The van der Waals surface area contributed by atoms with E-state index >= 15 is 0 Å². The lowest BCUT2D eigenvalue weighted by molar-refractivity contribution is -0.00117. The van der Waals surface area contributed by atoms with Crippen LogP contribution in [0.3, 0.4) is 0 Å². The molecule has 0 bridgehead atoms. The molecule has 21 heavy (non-hydrogen) atoms. The van der Waals surface area contributed by atoms with Crippen LogP contribution in [0.25, 0.3) is 0 Å². The normalized spacial score (nSPS) is 18.8. The predicted octanol–water partition coefficient (Wildman–Crippen LogP) is 2.84. The molecule has 1 aliphatic heterocycles. The molecule has 0 amide bonds. The Balaban J connectivity index is 1.64. The van der Waals surface area contributed by atoms with E-state index in [1.807, 2.05) is 0 Å². The minimum absolute atomic E-state index is 0.453. The van der Waals surface area contributed by atoms with Crippen LogP contribution in [0.15, 0.2) is 30.3 Å². The standard InChI is InChI=1S/C18H30N2O/c1-16(8-9-17-6-3-2-4-7-17)20-13-10-18(11-14-20)21-15-5-12-19/h2-4,6-7,16,18H,5,8-15,19H2,1H3. The lowest BCUT2D eigenvalue weighted by atomic mass is 10.0. The monoisotopic (exact) mass is 290 g/mol. The molecule has 1 atom stereocenters. The Bertz CT molecular complexity index is 374. The van der Waals surface area contributed by atoms with Gasteiger partial charge in [-0.25, -0.2) is 0 Å². The molecule has 0 aromatic heterocycles. The molecule has 1 saturated heterocycles. The van der Waals surface area contributed by atoms with E-state index in [1.165, 1.54) is 44.3 Å². The minimum Gasteiger partial charge on any atom is -0.378 e. The van der Waals surface area contributed by atoms with Gasteiger partial charge in [0, 0.05) is 25.7 Å². The smallest absolute Gasteiger partial charge is 0.0599 e. The van der Waals surface area contributed by atoms with Gasteiger partial charge in [-0.1, -0.05) is 30.3 Å². The van der Waals surface area contributed by atoms with Crippen molar-refractivity contribution in [3.63, 3.8) is 0 Å². The third kappa shape index (κ3) is 5.77. The second kappa shape index (κ2) is 9.19. The van der Waals surface area contributed by atoms with Gasteiger partial charge >= 0.3 is 0 Å². The van der Waals surface area contributed by atoms with Gasteiger partial charge in [0.05, 0.1) is 6.10 Å². The van der Waals surface area contributed by atoms with Crippen molar-refractivity contribution in [3.8, 4) is 0 Å². The first-order valence-electron chi connectivity index (χ1n) is 8.39. The highest BCUT2D eigenvalue weighted by molar-refractivity contribution is 5.14. The average Bonchev–Trinajstić information content (AvgIpc) is 2.54. The van der Waals surface area contributed by atoms with E-state index in [-0.39, 0.29) is 0 Å². The Morgan fingerprint density at radius 2 is 1.95 bits per heavy atom. The summed E-state index contributed by atoms with van der Waals surface area (Å²) in [5.74, 6) is 0. The number of likely N-dealkylation sites (tertiary alicyclic amines) is 1. The molecule has 1 fully saturated rings. The summed E-state index contributed by atoms with van der Waals surface area (Å²) in [6.07, 6.45) is 6.18. The Morgan fingerprint density at radius 3 is 2.62 bits per heavy atom. The number of nitrogens with zero attached hydrogens (tertiary/aromatic N) is 1. The number of rotatable bonds is 8. The highest BCUT2D eigenvalue weighted by atomic mass is 16.5. The molecule has 118 valence electrons. The summed E-state index contributed by atoms with van der Waals surface area (Å²) in [7, 11) is 0. The van der Waals surface area contributed by atoms with Crippen LogP contribution in [0.5, 0.6) is 0 Å². The van der Waals surface area contributed by atoms with Gasteiger partial charge in [-0.15, -0.1) is 0 Å². The topological polar surface area (TPSA) is 38.5 Å². The number of piperidine rings is 1. The predicted molar refractivity (Wildman–Crippen MR) is 88.4 cm³/mol. The third-order valence-corrected chi connectivity index (χ3v) is 4.50. The second-order valence-corrected chi connectivity index (χ2v) is 6.12. The van der Waals surface area contributed by atoms with Gasteiger partial charge in [-0.2, -0.15) is 0 Å². The van der Waals surface area contributed by atoms with E-state index < -0.39 is 0 Å². The lowest BCUT2D eigenvalue weighted by Crippen LogP contribution is -2.42. The van der Waals surface area contributed by atoms with Crippen LogP contribution in [-0.4, -0.2) is 43.3 Å². The largest absolute Gasteiger partial charge is 0.378 e. The molecule has 1 aromatic carbocycles. The van der Waals surface area contributed by atoms with Crippen molar-refractivity contribution in [1.29, 1.82) is 0 Å². The first-order chi connectivity index (χ1) is 10.3. The zero-order chi connectivity index (χ0) is 14.9. The van der Waals surface area contributed by atoms with Crippen molar-refractivity contribution in [3.05, 3.63) is 35.9 Å². The summed E-state index contributed by atoms with van der Waals surface area (Å²) < 4.78 is 5.87. The van der Waals surface area contributed by atoms with Gasteiger partial charge < -0.3 is 15.4 Å². The van der Waals surface area contributed by atoms with Crippen LogP contribution in [0.2, 0.25) is 0 Å². The average molecular weight is 290 g/mol. The highest BCUT2D eigenvalue weighted by Crippen LogP contribution is 2.18. The molecule has 0 spiro atoms. The van der Waals surface area contributed by atoms with Gasteiger partial charge in [0.1, 0.15) is 0 Å². The first-order valence-corrected chi connectivity index (χ1v) is 8.39. The third-order valence-electron chi connectivity index (χ3n) is 4.50. The fraction of sp³-hybridized carbons (Fsp3) is 0.667. The van der Waals surface area contributed by atoms with Crippen LogP contribution < -0.4 is 5.73 Å². The molecule has 0 saturated carbocycles. The summed E-state index contributed by atoms with van der Waals surface area (Å²) >= 11 is 0. The van der Waals surface area contributed by atoms with E-state index in [0.29, 0.717) is 12.1 Å². The van der Waals surface area contributed by atoms with E-state index in [4.69, 9.17) is 10.5 Å². The molecule has 1 aliphatic rings. The van der Waals surface area contributed by atoms with Gasteiger partial charge in [0.15, 0.2) is 0 Å². The quantitative estimate of drug-likeness (QED) is 0.748. The summed E-state index contributed by atoms with van der Waals surface area (Å²) in [6, 6.07) is 11.5. The van der Waals surface area contributed by atoms with Gasteiger partial charge in [0.25, 0.3) is 0 Å². The number of hydrogen-bond donors (Lipinski definition) is 1. The number of ether oxygens (including phenoxy) is 1. The van der Waals surface area contributed by atoms with Crippen molar-refractivity contribution in [2.75, 3.05) is 26.2 Å². The summed E-state index contributed by atoms with van der Waals surface area (Å²) in [5.41, 5.74) is 6.95. The molecule has 1 heterocycles. The molecular weight excluding hydrogens is 260 g/mol. The summed E-state index contributed by atoms with van der Waals surface area (Å²) in [6.45, 7) is 6.26. The van der Waals surface area contributed by atoms with E-state index in [0.717, 1.165) is 19.6 Å². The lowest BCUT2D eigenvalue weighted by Gasteiger charge is -2.36. The van der Waals surface area contributed by atoms with Crippen LogP contribution in [0, 0.1) is 0 Å². The van der Waals surface area contributed by atoms with E-state index in [2.05, 4.69) is 42.2 Å². The maximum absolute atomic E-state index is 5.87. The van der Waals surface area contributed by atoms with Crippen LogP contribution >= 0.6 is 0 Å². The molecular formula is C18H30N2O. The molecule has 2 N–H and O–H groups in total. The van der Waals surface area contributed by atoms with Crippen LogP contribution in [0.1, 0.15) is 38.2 Å². The number of hydrogen-bond acceptors (Lipinski definition) is 3. The number of nitrogens with two attached hydrogens (primary N) is 1. The SMILES string of the molecule is CC(CCc1ccccc1)N1CCC(OCCCN)CC1. The Labute approximate surface area is 129 Å². The zero-order valence-electron chi connectivity index (χ0n) is 13.3. The van der Waals surface area contributed by atoms with Crippen LogP contribution in [-0.2, 0) is 11.2 Å². The number of aryl methyl sites for hydroxylation is 1. The fourth-order valence-electron chi connectivity index (χ4n) is 3.02. The molecule has 3 heteroatoms. The van der Waals surface area contributed by atoms with Crippen molar-refractivity contribution >= 4 is 0 Å². The number of benzene rings is 1. The summed E-state index contributed by atoms with van der Waals surface area (Å²) in [4.78, 5) is 2.62. The fourth-order valence-corrected chi connectivity index (χ4v) is 3.02. The zero-order valence-corrected chi connectivity index (χ0v) is 13.3. The van der Waals surface area contributed by atoms with Crippen molar-refractivity contribution in [2.45, 2.75) is 51.2 Å². The van der Waals surface area contributed by atoms with Crippen molar-refractivity contribution in [1.82, 2.24) is 4.90 Å². The van der Waals surface area contributed by atoms with Gasteiger partial charge in [0.2, 0.25) is 0 Å². The first kappa shape index (κ1) is 16.5. The summed E-state index contributed by atoms with van der Waals surface area (Å²) in [5, 5.41) is 0.